The smallest absolute Gasteiger partial charge is 0.100 e. The summed E-state index contributed by atoms with van der Waals surface area (Å²) < 4.78 is 16.5. The highest BCUT2D eigenvalue weighted by Crippen LogP contribution is 2.24. The molecule has 0 saturated carbocycles. The summed E-state index contributed by atoms with van der Waals surface area (Å²) in [5.41, 5.74) is -0.570. The van der Waals surface area contributed by atoms with Crippen molar-refractivity contribution in [3.05, 3.63) is 0 Å². The van der Waals surface area contributed by atoms with Crippen molar-refractivity contribution < 1.29 is 44.8 Å². The van der Waals surface area contributed by atoms with Crippen LogP contribution in [-0.4, -0.2) is 109 Å². The van der Waals surface area contributed by atoms with Crippen LogP contribution in [0.4, 0.5) is 0 Å². The van der Waals surface area contributed by atoms with E-state index in [4.69, 9.17) is 34.6 Å². The van der Waals surface area contributed by atoms with Gasteiger partial charge in [0.15, 0.2) is 0 Å². The van der Waals surface area contributed by atoms with Crippen molar-refractivity contribution in [1.82, 2.24) is 0 Å². The summed E-state index contributed by atoms with van der Waals surface area (Å²) in [6, 6.07) is 0. The van der Waals surface area contributed by atoms with Crippen LogP contribution in [0.15, 0.2) is 0 Å². The first-order valence-corrected chi connectivity index (χ1v) is 8.49. The lowest BCUT2D eigenvalue weighted by molar-refractivity contribution is -0.103. The van der Waals surface area contributed by atoms with Gasteiger partial charge < -0.3 is 44.8 Å². The first-order chi connectivity index (χ1) is 12.0. The summed E-state index contributed by atoms with van der Waals surface area (Å²) in [5, 5.41) is 54.6. The molecule has 9 nitrogen and oxygen atoms in total. The SMILES string of the molecule is CCC(COCC(O)CO)(COCC(O)CO)COCC(CO)CO. The van der Waals surface area contributed by atoms with Crippen molar-refractivity contribution in [3.63, 3.8) is 0 Å². The van der Waals surface area contributed by atoms with Gasteiger partial charge in [0.25, 0.3) is 0 Å². The average molecular weight is 370 g/mol. The molecule has 2 unspecified atom stereocenters. The second-order valence-corrected chi connectivity index (χ2v) is 6.30. The molecule has 0 fully saturated rings. The van der Waals surface area contributed by atoms with Crippen molar-refractivity contribution in [2.45, 2.75) is 25.6 Å². The van der Waals surface area contributed by atoms with E-state index in [0.29, 0.717) is 6.42 Å². The number of rotatable bonds is 17. The molecule has 0 aliphatic carbocycles. The van der Waals surface area contributed by atoms with E-state index in [1.807, 2.05) is 6.92 Å². The summed E-state index contributed by atoms with van der Waals surface area (Å²) in [6.07, 6.45) is -1.33. The molecule has 0 bridgehead atoms. The number of aliphatic hydroxyl groups excluding tert-OH is 6. The highest BCUT2D eigenvalue weighted by Gasteiger charge is 2.30. The summed E-state index contributed by atoms with van der Waals surface area (Å²) >= 11 is 0. The fourth-order valence-corrected chi connectivity index (χ4v) is 1.96. The van der Waals surface area contributed by atoms with E-state index in [9.17, 15) is 10.2 Å². The predicted molar refractivity (Wildman–Crippen MR) is 89.0 cm³/mol. The van der Waals surface area contributed by atoms with E-state index in [1.165, 1.54) is 0 Å². The topological polar surface area (TPSA) is 149 Å². The summed E-state index contributed by atoms with van der Waals surface area (Å²) in [6.45, 7) is 1.46. The Morgan fingerprint density at radius 3 is 1.40 bits per heavy atom. The zero-order chi connectivity index (χ0) is 19.1. The number of hydrogen-bond acceptors (Lipinski definition) is 9. The molecule has 0 saturated heterocycles. The van der Waals surface area contributed by atoms with Crippen molar-refractivity contribution in [2.24, 2.45) is 11.3 Å². The van der Waals surface area contributed by atoms with Gasteiger partial charge in [-0.25, -0.2) is 0 Å². The van der Waals surface area contributed by atoms with Crippen LogP contribution in [0, 0.1) is 11.3 Å². The van der Waals surface area contributed by atoms with Crippen LogP contribution in [0.25, 0.3) is 0 Å². The molecular formula is C16H34O9. The number of hydrogen-bond donors (Lipinski definition) is 6. The van der Waals surface area contributed by atoms with Gasteiger partial charge in [-0.2, -0.15) is 0 Å². The fraction of sp³-hybridized carbons (Fsp3) is 1.00. The highest BCUT2D eigenvalue weighted by molar-refractivity contribution is 4.78. The molecule has 152 valence electrons. The molecule has 9 heteroatoms. The molecule has 0 radical (unpaired) electrons. The van der Waals surface area contributed by atoms with Gasteiger partial charge in [0.1, 0.15) is 12.2 Å². The third kappa shape index (κ3) is 11.1. The molecule has 0 aromatic rings. The van der Waals surface area contributed by atoms with Gasteiger partial charge in [0.05, 0.1) is 66.1 Å². The van der Waals surface area contributed by atoms with Gasteiger partial charge in [-0.05, 0) is 6.42 Å². The number of aliphatic hydroxyl groups is 6. The molecule has 0 aromatic heterocycles. The molecule has 0 heterocycles. The molecule has 0 amide bonds. The maximum atomic E-state index is 9.37. The summed E-state index contributed by atoms with van der Waals surface area (Å²) in [5.74, 6) is -0.371. The molecule has 25 heavy (non-hydrogen) atoms. The monoisotopic (exact) mass is 370 g/mol. The summed E-state index contributed by atoms with van der Waals surface area (Å²) in [7, 11) is 0. The normalized spacial score (nSPS) is 16.8. The molecular weight excluding hydrogens is 336 g/mol. The van der Waals surface area contributed by atoms with E-state index in [2.05, 4.69) is 0 Å². The van der Waals surface area contributed by atoms with Crippen LogP contribution in [0.5, 0.6) is 0 Å². The van der Waals surface area contributed by atoms with Crippen LogP contribution >= 0.6 is 0 Å². The maximum absolute atomic E-state index is 9.37. The Morgan fingerprint density at radius 2 is 1.08 bits per heavy atom. The van der Waals surface area contributed by atoms with E-state index in [1.54, 1.807) is 0 Å². The van der Waals surface area contributed by atoms with Gasteiger partial charge >= 0.3 is 0 Å². The average Bonchev–Trinajstić information content (AvgIpc) is 2.64. The Labute approximate surface area is 148 Å². The van der Waals surface area contributed by atoms with Gasteiger partial charge in [0.2, 0.25) is 0 Å². The van der Waals surface area contributed by atoms with E-state index in [0.717, 1.165) is 0 Å². The standard InChI is InChI=1S/C16H34O9/c1-2-16(11-24-8-14(21)5-19,12-25-9-15(22)6-20)10-23-7-13(3-17)4-18/h13-15,17-22H,2-12H2,1H3. The number of ether oxygens (including phenoxy) is 3. The summed E-state index contributed by atoms with van der Waals surface area (Å²) in [4.78, 5) is 0. The van der Waals surface area contributed by atoms with Crippen LogP contribution in [0.3, 0.4) is 0 Å². The predicted octanol–water partition coefficient (Wildman–Crippen LogP) is -2.26. The Morgan fingerprint density at radius 1 is 0.680 bits per heavy atom. The van der Waals surface area contributed by atoms with E-state index < -0.39 is 30.8 Å². The maximum Gasteiger partial charge on any atom is 0.100 e. The Balaban J connectivity index is 4.61. The zero-order valence-electron chi connectivity index (χ0n) is 14.9. The Kier molecular flexibility index (Phi) is 14.6. The third-order valence-electron chi connectivity index (χ3n) is 3.89. The highest BCUT2D eigenvalue weighted by atomic mass is 16.5. The molecule has 0 spiro atoms. The van der Waals surface area contributed by atoms with Crippen LogP contribution in [-0.2, 0) is 14.2 Å². The van der Waals surface area contributed by atoms with Gasteiger partial charge in [-0.3, -0.25) is 0 Å². The van der Waals surface area contributed by atoms with Crippen LogP contribution < -0.4 is 0 Å². The first-order valence-electron chi connectivity index (χ1n) is 8.49. The molecule has 0 rings (SSSR count). The van der Waals surface area contributed by atoms with Gasteiger partial charge in [-0.1, -0.05) is 6.92 Å². The van der Waals surface area contributed by atoms with E-state index in [-0.39, 0.29) is 58.8 Å². The zero-order valence-corrected chi connectivity index (χ0v) is 14.9. The second kappa shape index (κ2) is 14.8. The van der Waals surface area contributed by atoms with Gasteiger partial charge in [0, 0.05) is 11.3 Å². The molecule has 0 aliphatic rings. The second-order valence-electron chi connectivity index (χ2n) is 6.30. The lowest BCUT2D eigenvalue weighted by Gasteiger charge is -2.33. The largest absolute Gasteiger partial charge is 0.396 e. The Bertz CT molecular complexity index is 283. The van der Waals surface area contributed by atoms with Crippen LogP contribution in [0.1, 0.15) is 13.3 Å². The Hall–Kier alpha value is -0.360. The minimum atomic E-state index is -0.972. The van der Waals surface area contributed by atoms with Crippen molar-refractivity contribution in [2.75, 3.05) is 66.1 Å². The lowest BCUT2D eigenvalue weighted by atomic mass is 9.88. The molecule has 0 aliphatic heterocycles. The lowest BCUT2D eigenvalue weighted by Crippen LogP contribution is -2.39. The van der Waals surface area contributed by atoms with Gasteiger partial charge in [-0.15, -0.1) is 0 Å². The molecule has 6 N–H and O–H groups in total. The van der Waals surface area contributed by atoms with Crippen molar-refractivity contribution in [1.29, 1.82) is 0 Å². The van der Waals surface area contributed by atoms with Crippen molar-refractivity contribution >= 4 is 0 Å². The molecule has 0 aromatic carbocycles. The fourth-order valence-electron chi connectivity index (χ4n) is 1.96. The quantitative estimate of drug-likeness (QED) is 0.167. The third-order valence-corrected chi connectivity index (χ3v) is 3.89. The minimum Gasteiger partial charge on any atom is -0.396 e. The van der Waals surface area contributed by atoms with E-state index >= 15 is 0 Å². The molecule has 2 atom stereocenters. The van der Waals surface area contributed by atoms with Crippen LogP contribution in [0.2, 0.25) is 0 Å². The van der Waals surface area contributed by atoms with Crippen molar-refractivity contribution in [3.8, 4) is 0 Å². The first kappa shape index (κ1) is 24.6. The minimum absolute atomic E-state index is 0.0343.